The summed E-state index contributed by atoms with van der Waals surface area (Å²) in [6.07, 6.45) is 0. The zero-order chi connectivity index (χ0) is 18.5. The van der Waals surface area contributed by atoms with Gasteiger partial charge in [0.1, 0.15) is 5.75 Å². The van der Waals surface area contributed by atoms with Gasteiger partial charge in [-0.15, -0.1) is 0 Å². The zero-order valence-electron chi connectivity index (χ0n) is 13.5. The summed E-state index contributed by atoms with van der Waals surface area (Å²) in [5, 5.41) is 3.86. The van der Waals surface area contributed by atoms with Gasteiger partial charge in [0.25, 0.3) is 5.89 Å². The van der Waals surface area contributed by atoms with Crippen LogP contribution in [-0.2, 0) is 6.61 Å². The van der Waals surface area contributed by atoms with Crippen molar-refractivity contribution >= 4 is 15.9 Å². The van der Waals surface area contributed by atoms with Crippen LogP contribution < -0.4 is 14.2 Å². The quantitative estimate of drug-likeness (QED) is 0.545. The van der Waals surface area contributed by atoms with Gasteiger partial charge in [-0.2, -0.15) is 13.8 Å². The number of halogens is 3. The van der Waals surface area contributed by atoms with E-state index in [1.165, 1.54) is 25.3 Å². The summed E-state index contributed by atoms with van der Waals surface area (Å²) in [6.45, 7) is -2.86. The molecule has 136 valence electrons. The monoisotopic (exact) mass is 426 g/mol. The molecule has 0 unspecified atom stereocenters. The topological polar surface area (TPSA) is 66.6 Å². The molecule has 26 heavy (non-hydrogen) atoms. The molecule has 0 atom stereocenters. The number of ether oxygens (including phenoxy) is 3. The Morgan fingerprint density at radius 2 is 1.92 bits per heavy atom. The minimum absolute atomic E-state index is 0.0766. The highest BCUT2D eigenvalue weighted by Gasteiger charge is 2.15. The van der Waals surface area contributed by atoms with Gasteiger partial charge in [0, 0.05) is 5.56 Å². The summed E-state index contributed by atoms with van der Waals surface area (Å²) in [4.78, 5) is 4.23. The molecule has 0 aliphatic heterocycles. The molecule has 0 fully saturated rings. The van der Waals surface area contributed by atoms with Crippen LogP contribution >= 0.6 is 15.9 Å². The molecule has 0 aliphatic carbocycles. The van der Waals surface area contributed by atoms with Crippen molar-refractivity contribution in [1.29, 1.82) is 0 Å². The van der Waals surface area contributed by atoms with Crippen molar-refractivity contribution < 1.29 is 27.5 Å². The lowest BCUT2D eigenvalue weighted by atomic mass is 10.2. The summed E-state index contributed by atoms with van der Waals surface area (Å²) < 4.78 is 45.8. The van der Waals surface area contributed by atoms with Gasteiger partial charge >= 0.3 is 6.61 Å². The summed E-state index contributed by atoms with van der Waals surface area (Å²) in [5.74, 6) is 1.24. The van der Waals surface area contributed by atoms with Crippen LogP contribution in [0.15, 0.2) is 51.5 Å². The molecular weight excluding hydrogens is 414 g/mol. The van der Waals surface area contributed by atoms with Crippen LogP contribution in [0.1, 0.15) is 5.89 Å². The van der Waals surface area contributed by atoms with Crippen molar-refractivity contribution in [3.8, 4) is 28.6 Å². The van der Waals surface area contributed by atoms with E-state index >= 15 is 0 Å². The number of aromatic nitrogens is 2. The Balaban J connectivity index is 1.74. The smallest absolute Gasteiger partial charge is 0.387 e. The Kier molecular flexibility index (Phi) is 5.67. The molecule has 0 amide bonds. The van der Waals surface area contributed by atoms with E-state index in [4.69, 9.17) is 14.0 Å². The first-order valence-corrected chi connectivity index (χ1v) is 8.19. The number of hydrogen-bond acceptors (Lipinski definition) is 6. The van der Waals surface area contributed by atoms with Gasteiger partial charge in [0.05, 0.1) is 11.6 Å². The highest BCUT2D eigenvalue weighted by Crippen LogP contribution is 2.32. The third-order valence-corrected chi connectivity index (χ3v) is 3.95. The molecule has 0 saturated heterocycles. The zero-order valence-corrected chi connectivity index (χ0v) is 15.1. The van der Waals surface area contributed by atoms with E-state index in [9.17, 15) is 8.78 Å². The summed E-state index contributed by atoms with van der Waals surface area (Å²) in [5.41, 5.74) is 0.527. The molecule has 9 heteroatoms. The molecule has 6 nitrogen and oxygen atoms in total. The van der Waals surface area contributed by atoms with Crippen molar-refractivity contribution in [2.45, 2.75) is 13.2 Å². The molecule has 1 heterocycles. The second kappa shape index (κ2) is 8.13. The van der Waals surface area contributed by atoms with E-state index in [-0.39, 0.29) is 29.8 Å². The number of benzene rings is 2. The number of methoxy groups -OCH3 is 1. The van der Waals surface area contributed by atoms with Gasteiger partial charge in [0.2, 0.25) is 5.82 Å². The predicted octanol–water partition coefficient (Wildman–Crippen LogP) is 4.69. The Bertz CT molecular complexity index is 889. The van der Waals surface area contributed by atoms with Crippen LogP contribution in [-0.4, -0.2) is 23.9 Å². The van der Waals surface area contributed by atoms with Crippen LogP contribution in [0.5, 0.6) is 17.2 Å². The van der Waals surface area contributed by atoms with Crippen molar-refractivity contribution in [2.75, 3.05) is 7.11 Å². The van der Waals surface area contributed by atoms with Crippen molar-refractivity contribution in [3.63, 3.8) is 0 Å². The summed E-state index contributed by atoms with van der Waals surface area (Å²) in [6, 6.07) is 11.7. The number of rotatable bonds is 7. The normalized spacial score (nSPS) is 10.8. The molecule has 0 spiro atoms. The van der Waals surface area contributed by atoms with E-state index in [1.54, 1.807) is 6.07 Å². The van der Waals surface area contributed by atoms with Gasteiger partial charge in [-0.25, -0.2) is 0 Å². The predicted molar refractivity (Wildman–Crippen MR) is 91.4 cm³/mol. The SMILES string of the molecule is COc1cc(-c2noc(COc3ccccc3Br)n2)ccc1OC(F)F. The number of hydrogen-bond donors (Lipinski definition) is 0. The van der Waals surface area contributed by atoms with Crippen LogP contribution in [0.25, 0.3) is 11.4 Å². The van der Waals surface area contributed by atoms with Crippen molar-refractivity contribution in [1.82, 2.24) is 10.1 Å². The van der Waals surface area contributed by atoms with Gasteiger partial charge in [0.15, 0.2) is 18.1 Å². The molecule has 3 aromatic rings. The van der Waals surface area contributed by atoms with Crippen LogP contribution in [0.3, 0.4) is 0 Å². The third kappa shape index (κ3) is 4.29. The van der Waals surface area contributed by atoms with E-state index in [0.29, 0.717) is 11.3 Å². The average molecular weight is 427 g/mol. The highest BCUT2D eigenvalue weighted by atomic mass is 79.9. The lowest BCUT2D eigenvalue weighted by Gasteiger charge is -2.10. The molecule has 0 N–H and O–H groups in total. The first-order valence-electron chi connectivity index (χ1n) is 7.40. The Morgan fingerprint density at radius 1 is 1.12 bits per heavy atom. The van der Waals surface area contributed by atoms with E-state index in [0.717, 1.165) is 4.47 Å². The fourth-order valence-corrected chi connectivity index (χ4v) is 2.53. The fraction of sp³-hybridized carbons (Fsp3) is 0.176. The third-order valence-electron chi connectivity index (χ3n) is 3.29. The molecule has 3 rings (SSSR count). The first kappa shape index (κ1) is 18.1. The maximum atomic E-state index is 12.4. The van der Waals surface area contributed by atoms with E-state index < -0.39 is 6.61 Å². The molecule has 0 saturated carbocycles. The Hall–Kier alpha value is -2.68. The number of para-hydroxylation sites is 1. The highest BCUT2D eigenvalue weighted by molar-refractivity contribution is 9.10. The Labute approximate surface area is 155 Å². The van der Waals surface area contributed by atoms with Gasteiger partial charge in [-0.3, -0.25) is 0 Å². The largest absolute Gasteiger partial charge is 0.493 e. The minimum atomic E-state index is -2.94. The van der Waals surface area contributed by atoms with E-state index in [2.05, 4.69) is 30.8 Å². The molecule has 0 aliphatic rings. The van der Waals surface area contributed by atoms with Crippen molar-refractivity contribution in [3.05, 3.63) is 52.8 Å². The van der Waals surface area contributed by atoms with Crippen LogP contribution in [0.2, 0.25) is 0 Å². The second-order valence-electron chi connectivity index (χ2n) is 4.97. The molecule has 0 bridgehead atoms. The van der Waals surface area contributed by atoms with Crippen LogP contribution in [0, 0.1) is 0 Å². The van der Waals surface area contributed by atoms with Crippen LogP contribution in [0.4, 0.5) is 8.78 Å². The number of nitrogens with zero attached hydrogens (tertiary/aromatic N) is 2. The second-order valence-corrected chi connectivity index (χ2v) is 5.83. The minimum Gasteiger partial charge on any atom is -0.493 e. The summed E-state index contributed by atoms with van der Waals surface area (Å²) >= 11 is 3.38. The van der Waals surface area contributed by atoms with Gasteiger partial charge in [-0.05, 0) is 46.3 Å². The van der Waals surface area contributed by atoms with Gasteiger partial charge < -0.3 is 18.7 Å². The molecule has 0 radical (unpaired) electrons. The first-order chi connectivity index (χ1) is 12.6. The molecular formula is C17H13BrF2N2O4. The number of alkyl halides is 2. The van der Waals surface area contributed by atoms with Crippen molar-refractivity contribution in [2.24, 2.45) is 0 Å². The lowest BCUT2D eigenvalue weighted by Crippen LogP contribution is -2.03. The maximum absolute atomic E-state index is 12.4. The average Bonchev–Trinajstić information content (AvgIpc) is 3.10. The lowest BCUT2D eigenvalue weighted by molar-refractivity contribution is -0.0512. The summed E-state index contributed by atoms with van der Waals surface area (Å²) in [7, 11) is 1.35. The molecule has 1 aromatic heterocycles. The van der Waals surface area contributed by atoms with E-state index in [1.807, 2.05) is 18.2 Å². The fourth-order valence-electron chi connectivity index (χ4n) is 2.13. The molecule has 2 aromatic carbocycles. The standard InChI is InChI=1S/C17H13BrF2N2O4/c1-23-14-8-10(6-7-13(14)25-17(19)20)16-21-15(26-22-16)9-24-12-5-3-2-4-11(12)18/h2-8,17H,9H2,1H3. The maximum Gasteiger partial charge on any atom is 0.387 e. The van der Waals surface area contributed by atoms with Gasteiger partial charge in [-0.1, -0.05) is 17.3 Å². The Morgan fingerprint density at radius 3 is 2.65 bits per heavy atom.